The zero-order valence-electron chi connectivity index (χ0n) is 23.7. The number of hydrogen-bond acceptors (Lipinski definition) is 6. The zero-order valence-corrected chi connectivity index (χ0v) is 24.5. The van der Waals surface area contributed by atoms with Gasteiger partial charge in [-0.15, -0.1) is 11.3 Å². The van der Waals surface area contributed by atoms with Gasteiger partial charge >= 0.3 is 12.0 Å². The first kappa shape index (κ1) is 29.6. The molecule has 1 aliphatic rings. The Kier molecular flexibility index (Phi) is 7.61. The zero-order chi connectivity index (χ0) is 31.2. The number of rotatable bonds is 8. The number of urea groups is 1. The summed E-state index contributed by atoms with van der Waals surface area (Å²) in [5.41, 5.74) is 1.02. The predicted octanol–water partition coefficient (Wildman–Crippen LogP) is 7.39. The quantitative estimate of drug-likeness (QED) is 0.161. The number of carboxylic acids is 1. The van der Waals surface area contributed by atoms with Crippen LogP contribution in [0.15, 0.2) is 66.7 Å². The van der Waals surface area contributed by atoms with Gasteiger partial charge in [-0.1, -0.05) is 6.07 Å². The number of carbonyl (C=O) groups is 4. The molecule has 0 radical (unpaired) electrons. The van der Waals surface area contributed by atoms with Crippen LogP contribution in [0.2, 0.25) is 0 Å². The van der Waals surface area contributed by atoms with Crippen LogP contribution in [0.1, 0.15) is 51.9 Å². The van der Waals surface area contributed by atoms with Gasteiger partial charge in [-0.05, 0) is 99.5 Å². The number of hydrogen-bond donors (Lipinski definition) is 2. The highest BCUT2D eigenvalue weighted by molar-refractivity contribution is 7.17. The molecule has 220 valence electrons. The molecule has 1 aliphatic heterocycles. The summed E-state index contributed by atoms with van der Waals surface area (Å²) >= 11 is 1.11. The van der Waals surface area contributed by atoms with E-state index in [4.69, 9.17) is 0 Å². The Labute approximate surface area is 250 Å². The number of aryl methyl sites for hydroxylation is 1. The van der Waals surface area contributed by atoms with Gasteiger partial charge in [0, 0.05) is 21.8 Å². The van der Waals surface area contributed by atoms with Gasteiger partial charge in [0.05, 0.1) is 22.7 Å². The molecule has 8 nitrogen and oxygen atoms in total. The Balaban J connectivity index is 1.46. The number of ketones is 1. The number of nitrogens with one attached hydrogen (secondary N) is 1. The number of anilines is 3. The second kappa shape index (κ2) is 11.1. The van der Waals surface area contributed by atoms with E-state index in [1.807, 2.05) is 0 Å². The van der Waals surface area contributed by atoms with Gasteiger partial charge in [0.15, 0.2) is 5.78 Å². The van der Waals surface area contributed by atoms with Crippen LogP contribution in [-0.4, -0.2) is 39.2 Å². The molecule has 2 heterocycles. The maximum atomic E-state index is 14.9. The predicted molar refractivity (Wildman–Crippen MR) is 160 cm³/mol. The molecule has 11 heteroatoms. The molecule has 0 spiro atoms. The van der Waals surface area contributed by atoms with E-state index in [-0.39, 0.29) is 29.1 Å². The number of aromatic carboxylic acids is 1. The van der Waals surface area contributed by atoms with E-state index in [0.29, 0.717) is 32.3 Å². The molecule has 3 amide bonds. The summed E-state index contributed by atoms with van der Waals surface area (Å²) in [5, 5.41) is 12.4. The van der Waals surface area contributed by atoms with E-state index in [1.54, 1.807) is 45.0 Å². The third-order valence-electron chi connectivity index (χ3n) is 7.39. The molecule has 0 bridgehead atoms. The first-order valence-corrected chi connectivity index (χ1v) is 14.1. The van der Waals surface area contributed by atoms with Gasteiger partial charge in [-0.2, -0.15) is 0 Å². The van der Waals surface area contributed by atoms with Crippen molar-refractivity contribution >= 4 is 52.1 Å². The summed E-state index contributed by atoms with van der Waals surface area (Å²) in [6.45, 7) is 6.19. The molecule has 0 saturated carbocycles. The number of carbonyl (C=O) groups excluding carboxylic acids is 3. The van der Waals surface area contributed by atoms with E-state index >= 15 is 0 Å². The first-order valence-electron chi connectivity index (χ1n) is 13.2. The van der Waals surface area contributed by atoms with Crippen LogP contribution in [0.4, 0.5) is 30.6 Å². The highest BCUT2D eigenvalue weighted by atomic mass is 32.1. The second-order valence-corrected chi connectivity index (χ2v) is 11.8. The number of thiophene rings is 1. The Hall–Kier alpha value is -4.90. The van der Waals surface area contributed by atoms with E-state index in [9.17, 15) is 33.1 Å². The molecular weight excluding hydrogens is 576 g/mol. The Morgan fingerprint density at radius 1 is 0.977 bits per heavy atom. The lowest BCUT2D eigenvalue weighted by Crippen LogP contribution is -2.43. The fraction of sp³-hybridized carbons (Fsp3) is 0.188. The maximum absolute atomic E-state index is 14.9. The minimum atomic E-state index is -1.30. The molecule has 0 aliphatic carbocycles. The molecule has 1 fully saturated rings. The third-order valence-corrected chi connectivity index (χ3v) is 8.61. The fourth-order valence-electron chi connectivity index (χ4n) is 4.95. The van der Waals surface area contributed by atoms with E-state index in [2.05, 4.69) is 5.32 Å². The van der Waals surface area contributed by atoms with Crippen molar-refractivity contribution in [3.05, 3.63) is 99.9 Å². The number of nitrogens with zero attached hydrogens (tertiary/aromatic N) is 2. The smallest absolute Gasteiger partial charge is 0.335 e. The number of Topliss-reactive ketones (excluding diaryl/α,β-unsaturated/α-hetero) is 1. The number of imide groups is 1. The van der Waals surface area contributed by atoms with Crippen molar-refractivity contribution < 1.29 is 33.1 Å². The van der Waals surface area contributed by atoms with Gasteiger partial charge in [0.1, 0.15) is 17.2 Å². The highest BCUT2D eigenvalue weighted by Gasteiger charge is 2.52. The van der Waals surface area contributed by atoms with E-state index in [1.165, 1.54) is 54.3 Å². The third kappa shape index (κ3) is 5.51. The highest BCUT2D eigenvalue weighted by Crippen LogP contribution is 2.38. The number of benzene rings is 3. The molecule has 1 aromatic heterocycles. The molecule has 0 unspecified atom stereocenters. The average molecular weight is 604 g/mol. The van der Waals surface area contributed by atoms with Crippen LogP contribution in [0, 0.1) is 18.6 Å². The molecular formula is C32H27F2N3O5S. The summed E-state index contributed by atoms with van der Waals surface area (Å²) in [4.78, 5) is 53.9. The van der Waals surface area contributed by atoms with Crippen molar-refractivity contribution in [1.82, 2.24) is 4.90 Å². The van der Waals surface area contributed by atoms with Crippen molar-refractivity contribution in [2.45, 2.75) is 39.8 Å². The van der Waals surface area contributed by atoms with Crippen LogP contribution >= 0.6 is 11.3 Å². The van der Waals surface area contributed by atoms with E-state index in [0.717, 1.165) is 16.2 Å². The van der Waals surface area contributed by atoms with Gasteiger partial charge in [0.2, 0.25) is 0 Å². The van der Waals surface area contributed by atoms with Crippen LogP contribution in [-0.2, 0) is 11.3 Å². The van der Waals surface area contributed by atoms with E-state index < -0.39 is 35.1 Å². The van der Waals surface area contributed by atoms with Crippen molar-refractivity contribution in [2.24, 2.45) is 0 Å². The topological polar surface area (TPSA) is 107 Å². The lowest BCUT2D eigenvalue weighted by atomic mass is 10.0. The van der Waals surface area contributed by atoms with Crippen LogP contribution in [0.3, 0.4) is 0 Å². The lowest BCUT2D eigenvalue weighted by molar-refractivity contribution is -0.123. The van der Waals surface area contributed by atoms with Crippen molar-refractivity contribution in [1.29, 1.82) is 0 Å². The Morgan fingerprint density at radius 3 is 2.37 bits per heavy atom. The van der Waals surface area contributed by atoms with Crippen LogP contribution in [0.25, 0.3) is 10.4 Å². The second-order valence-electron chi connectivity index (χ2n) is 10.7. The Morgan fingerprint density at radius 2 is 1.72 bits per heavy atom. The SMILES string of the molecule is CC(=O)c1ccc(-c2cc(N3C(=O)N(Cc4ccc(F)cc4Nc4ccc(C(=O)O)c(C)c4)C(C)(C)C3=O)ccc2F)s1. The van der Waals surface area contributed by atoms with Crippen molar-refractivity contribution in [3.63, 3.8) is 0 Å². The van der Waals surface area contributed by atoms with Gasteiger partial charge < -0.3 is 15.3 Å². The number of carboxylic acid groups (broad SMARTS) is 1. The molecule has 43 heavy (non-hydrogen) atoms. The summed E-state index contributed by atoms with van der Waals surface area (Å²) in [6, 6.07) is 15.1. The maximum Gasteiger partial charge on any atom is 0.335 e. The molecule has 3 aromatic carbocycles. The normalized spacial score (nSPS) is 14.4. The fourth-order valence-corrected chi connectivity index (χ4v) is 5.87. The Bertz CT molecular complexity index is 1820. The summed E-state index contributed by atoms with van der Waals surface area (Å²) in [7, 11) is 0. The number of halogens is 2. The summed E-state index contributed by atoms with van der Waals surface area (Å²) in [6.07, 6.45) is 0. The number of amides is 3. The van der Waals surface area contributed by atoms with Crippen LogP contribution < -0.4 is 10.2 Å². The molecule has 1 saturated heterocycles. The molecule has 4 aromatic rings. The standard InChI is InChI=1S/C32H27F2N3O5S/c1-17-13-21(7-9-23(17)29(39)40)35-26-14-20(33)6-5-19(26)16-36-31(42)37(30(41)32(36,3)4)22-8-10-25(34)24(15-22)28-12-11-27(43-28)18(2)38/h5-15,35H,16H2,1-4H3,(H,39,40). The van der Waals surface area contributed by atoms with Crippen molar-refractivity contribution in [3.8, 4) is 10.4 Å². The minimum absolute atomic E-state index is 0.0656. The first-order chi connectivity index (χ1) is 20.3. The largest absolute Gasteiger partial charge is 0.478 e. The minimum Gasteiger partial charge on any atom is -0.478 e. The monoisotopic (exact) mass is 603 g/mol. The summed E-state index contributed by atoms with van der Waals surface area (Å²) in [5.74, 6) is -2.84. The average Bonchev–Trinajstić information content (AvgIpc) is 3.49. The molecule has 2 N–H and O–H groups in total. The molecule has 5 rings (SSSR count). The molecule has 0 atom stereocenters. The van der Waals surface area contributed by atoms with Crippen molar-refractivity contribution in [2.75, 3.05) is 10.2 Å². The van der Waals surface area contributed by atoms with Crippen LogP contribution in [0.5, 0.6) is 0 Å². The van der Waals surface area contributed by atoms with Gasteiger partial charge in [-0.25, -0.2) is 23.3 Å². The summed E-state index contributed by atoms with van der Waals surface area (Å²) < 4.78 is 29.2. The lowest BCUT2D eigenvalue weighted by Gasteiger charge is -2.28. The van der Waals surface area contributed by atoms with Gasteiger partial charge in [0.25, 0.3) is 5.91 Å². The van der Waals surface area contributed by atoms with Gasteiger partial charge in [-0.3, -0.25) is 9.59 Å².